The van der Waals surface area contributed by atoms with Gasteiger partial charge in [-0.25, -0.2) is 9.59 Å². The Labute approximate surface area is 168 Å². The Hall–Kier alpha value is -3.35. The zero-order chi connectivity index (χ0) is 20.5. The maximum atomic E-state index is 12.7. The van der Waals surface area contributed by atoms with Gasteiger partial charge in [0.25, 0.3) is 0 Å². The van der Waals surface area contributed by atoms with Gasteiger partial charge in [-0.15, -0.1) is 0 Å². The molecule has 0 saturated carbocycles. The van der Waals surface area contributed by atoms with Gasteiger partial charge in [0.05, 0.1) is 0 Å². The number of fused-ring (bicyclic) bond motifs is 3. The summed E-state index contributed by atoms with van der Waals surface area (Å²) in [6.07, 6.45) is -1.51. The average molecular weight is 395 g/mol. The number of rotatable bonds is 4. The summed E-state index contributed by atoms with van der Waals surface area (Å²) >= 11 is 0. The van der Waals surface area contributed by atoms with E-state index in [2.05, 4.69) is 12.1 Å². The summed E-state index contributed by atoms with van der Waals surface area (Å²) in [5, 5.41) is 0. The molecule has 1 aliphatic carbocycles. The number of carbonyl (C=O) groups is 3. The highest BCUT2D eigenvalue weighted by Crippen LogP contribution is 2.44. The summed E-state index contributed by atoms with van der Waals surface area (Å²) < 4.78 is 15.6. The molecular weight excluding hydrogens is 374 g/mol. The number of hydrogen-bond donors (Lipinski definition) is 0. The second kappa shape index (κ2) is 7.58. The van der Waals surface area contributed by atoms with Crippen LogP contribution >= 0.6 is 0 Å². The second-order valence-electron chi connectivity index (χ2n) is 7.13. The van der Waals surface area contributed by atoms with Crippen LogP contribution < -0.4 is 0 Å². The predicted octanol–water partition coefficient (Wildman–Crippen LogP) is 3.07. The maximum Gasteiger partial charge on any atom is 0.413 e. The van der Waals surface area contributed by atoms with Crippen LogP contribution in [0.25, 0.3) is 11.1 Å². The summed E-state index contributed by atoms with van der Waals surface area (Å²) in [6, 6.07) is 15.0. The van der Waals surface area contributed by atoms with Crippen molar-refractivity contribution in [3.63, 3.8) is 0 Å². The Morgan fingerprint density at radius 1 is 1.10 bits per heavy atom. The van der Waals surface area contributed by atoms with Crippen molar-refractivity contribution < 1.29 is 28.6 Å². The molecule has 0 radical (unpaired) electrons. The van der Waals surface area contributed by atoms with E-state index in [0.717, 1.165) is 27.2 Å². The minimum atomic E-state index is -1.02. The van der Waals surface area contributed by atoms with Crippen molar-refractivity contribution in [2.45, 2.75) is 31.9 Å². The Bertz CT molecular complexity index is 926. The first-order chi connectivity index (χ1) is 14.0. The van der Waals surface area contributed by atoms with Crippen LogP contribution in [-0.2, 0) is 23.8 Å². The van der Waals surface area contributed by atoms with Crippen molar-refractivity contribution in [2.24, 2.45) is 0 Å². The third kappa shape index (κ3) is 3.44. The molecule has 2 aliphatic rings. The molecule has 1 heterocycles. The van der Waals surface area contributed by atoms with E-state index in [1.54, 1.807) is 6.92 Å². The molecule has 0 aromatic heterocycles. The molecule has 150 valence electrons. The molecule has 2 aromatic carbocycles. The van der Waals surface area contributed by atoms with Crippen LogP contribution in [0.1, 0.15) is 30.9 Å². The summed E-state index contributed by atoms with van der Waals surface area (Å²) in [7, 11) is 0. The van der Waals surface area contributed by atoms with Gasteiger partial charge >= 0.3 is 18.0 Å². The predicted molar refractivity (Wildman–Crippen MR) is 103 cm³/mol. The molecular formula is C22H21NO6. The number of cyclic esters (lactones) is 1. The molecule has 0 unspecified atom stereocenters. The highest BCUT2D eigenvalue weighted by atomic mass is 16.6. The topological polar surface area (TPSA) is 82.1 Å². The third-order valence-electron chi connectivity index (χ3n) is 5.29. The number of esters is 2. The van der Waals surface area contributed by atoms with E-state index in [-0.39, 0.29) is 19.3 Å². The fourth-order valence-corrected chi connectivity index (χ4v) is 4.04. The maximum absolute atomic E-state index is 12.7. The summed E-state index contributed by atoms with van der Waals surface area (Å²) in [5.74, 6) is -1.24. The van der Waals surface area contributed by atoms with E-state index in [4.69, 9.17) is 14.2 Å². The van der Waals surface area contributed by atoms with Gasteiger partial charge in [0, 0.05) is 12.8 Å². The summed E-state index contributed by atoms with van der Waals surface area (Å²) in [5.41, 5.74) is 4.45. The quantitative estimate of drug-likeness (QED) is 0.585. The molecule has 7 heteroatoms. The zero-order valence-corrected chi connectivity index (χ0v) is 16.2. The molecule has 1 amide bonds. The lowest BCUT2D eigenvalue weighted by molar-refractivity contribution is -0.151. The molecule has 2 atom stereocenters. The molecule has 1 fully saturated rings. The van der Waals surface area contributed by atoms with Crippen molar-refractivity contribution in [3.05, 3.63) is 59.7 Å². The van der Waals surface area contributed by atoms with Gasteiger partial charge in [-0.2, -0.15) is 0 Å². The minimum Gasteiger partial charge on any atom is -0.460 e. The lowest BCUT2D eigenvalue weighted by Crippen LogP contribution is -2.46. The van der Waals surface area contributed by atoms with Gasteiger partial charge in [-0.3, -0.25) is 9.69 Å². The molecule has 0 N–H and O–H groups in total. The van der Waals surface area contributed by atoms with Crippen LogP contribution in [0.3, 0.4) is 0 Å². The van der Waals surface area contributed by atoms with E-state index in [1.165, 1.54) is 6.92 Å². The van der Waals surface area contributed by atoms with E-state index in [0.29, 0.717) is 0 Å². The lowest BCUT2D eigenvalue weighted by atomic mass is 9.98. The Kier molecular flexibility index (Phi) is 4.96. The van der Waals surface area contributed by atoms with Crippen molar-refractivity contribution in [1.82, 2.24) is 4.90 Å². The number of benzene rings is 2. The van der Waals surface area contributed by atoms with Crippen LogP contribution in [-0.4, -0.2) is 48.4 Å². The first kappa shape index (κ1) is 19.0. The second-order valence-corrected chi connectivity index (χ2v) is 7.13. The van der Waals surface area contributed by atoms with Gasteiger partial charge < -0.3 is 14.2 Å². The molecule has 7 nitrogen and oxygen atoms in total. The van der Waals surface area contributed by atoms with Crippen molar-refractivity contribution in [2.75, 3.05) is 13.3 Å². The molecule has 0 bridgehead atoms. The van der Waals surface area contributed by atoms with E-state index in [9.17, 15) is 14.4 Å². The molecule has 2 aromatic rings. The molecule has 29 heavy (non-hydrogen) atoms. The number of amides is 1. The van der Waals surface area contributed by atoms with Crippen molar-refractivity contribution in [1.29, 1.82) is 0 Å². The normalized spacial score (nSPS) is 18.6. The molecule has 1 aliphatic heterocycles. The number of ether oxygens (including phenoxy) is 3. The van der Waals surface area contributed by atoms with Crippen LogP contribution in [0.2, 0.25) is 0 Å². The monoisotopic (exact) mass is 395 g/mol. The van der Waals surface area contributed by atoms with Gasteiger partial charge in [0.1, 0.15) is 12.7 Å². The Morgan fingerprint density at radius 2 is 1.69 bits per heavy atom. The van der Waals surface area contributed by atoms with Crippen molar-refractivity contribution in [3.8, 4) is 11.1 Å². The smallest absolute Gasteiger partial charge is 0.413 e. The third-order valence-corrected chi connectivity index (χ3v) is 5.29. The average Bonchev–Trinajstić information content (AvgIpc) is 3.24. The van der Waals surface area contributed by atoms with Crippen LogP contribution in [0.5, 0.6) is 0 Å². The van der Waals surface area contributed by atoms with Gasteiger partial charge in [0.15, 0.2) is 12.8 Å². The minimum absolute atomic E-state index is 0.0880. The van der Waals surface area contributed by atoms with Crippen molar-refractivity contribution >= 4 is 18.0 Å². The fourth-order valence-electron chi connectivity index (χ4n) is 4.04. The highest BCUT2D eigenvalue weighted by molar-refractivity contribution is 5.85. The molecule has 0 spiro atoms. The number of nitrogens with zero attached hydrogens (tertiary/aromatic N) is 1. The van der Waals surface area contributed by atoms with Crippen LogP contribution in [0.15, 0.2) is 48.5 Å². The zero-order valence-electron chi connectivity index (χ0n) is 16.2. The fraction of sp³-hybridized carbons (Fsp3) is 0.318. The summed E-state index contributed by atoms with van der Waals surface area (Å²) in [6.45, 7) is 2.69. The first-order valence-electron chi connectivity index (χ1n) is 9.43. The SMILES string of the molecule is CC(=O)O[C@H](C)[C@H]1C(=O)OCN1C(=O)OCC1c2ccccc2-c2ccccc21. The standard InChI is InChI=1S/C22H21NO6/c1-13(29-14(2)24)20-21(25)28-12-23(20)22(26)27-11-19-17-9-5-3-7-15(17)16-8-4-6-10-18(16)19/h3-10,13,19-20H,11-12H2,1-2H3/t13-,20+/m1/s1. The largest absolute Gasteiger partial charge is 0.460 e. The van der Waals surface area contributed by atoms with Gasteiger partial charge in [0.2, 0.25) is 0 Å². The molecule has 1 saturated heterocycles. The van der Waals surface area contributed by atoms with E-state index < -0.39 is 30.2 Å². The van der Waals surface area contributed by atoms with Gasteiger partial charge in [-0.1, -0.05) is 48.5 Å². The van der Waals surface area contributed by atoms with Crippen LogP contribution in [0, 0.1) is 0 Å². The molecule has 4 rings (SSSR count). The lowest BCUT2D eigenvalue weighted by Gasteiger charge is -2.25. The number of carbonyl (C=O) groups excluding carboxylic acids is 3. The van der Waals surface area contributed by atoms with E-state index in [1.807, 2.05) is 36.4 Å². The first-order valence-corrected chi connectivity index (χ1v) is 9.43. The van der Waals surface area contributed by atoms with Crippen LogP contribution in [0.4, 0.5) is 4.79 Å². The van der Waals surface area contributed by atoms with Gasteiger partial charge in [-0.05, 0) is 29.2 Å². The van der Waals surface area contributed by atoms with E-state index >= 15 is 0 Å². The Balaban J connectivity index is 1.50. The number of hydrogen-bond acceptors (Lipinski definition) is 6. The summed E-state index contributed by atoms with van der Waals surface area (Å²) in [4.78, 5) is 37.1. The highest BCUT2D eigenvalue weighted by Gasteiger charge is 2.44. The Morgan fingerprint density at radius 3 is 2.28 bits per heavy atom.